The summed E-state index contributed by atoms with van der Waals surface area (Å²) in [5.41, 5.74) is 10.6. The standard InChI is InChI=1S/C28H25ClN6O2/c1-37-26-10-5-19(29)16-24(26)34-28(36)33-23-3-2-4-25-22(23)12-14-35(25)17-18-11-13-31-27(15-18)32-21-8-6-20(30)7-9-21/h2-16H,17,30H2,1H3,(H,31,32)(H2,33,34,36). The quantitative estimate of drug-likeness (QED) is 0.181. The number of aromatic nitrogens is 2. The maximum absolute atomic E-state index is 12.8. The molecular weight excluding hydrogens is 488 g/mol. The van der Waals surface area contributed by atoms with Crippen molar-refractivity contribution >= 4 is 57.1 Å². The van der Waals surface area contributed by atoms with Gasteiger partial charge in [-0.3, -0.25) is 0 Å². The number of rotatable bonds is 7. The van der Waals surface area contributed by atoms with E-state index in [9.17, 15) is 4.79 Å². The summed E-state index contributed by atoms with van der Waals surface area (Å²) in [6.07, 6.45) is 3.78. The van der Waals surface area contributed by atoms with Crippen molar-refractivity contribution in [3.05, 3.63) is 102 Å². The summed E-state index contributed by atoms with van der Waals surface area (Å²) in [7, 11) is 1.54. The number of hydrogen-bond donors (Lipinski definition) is 4. The lowest BCUT2D eigenvalue weighted by atomic mass is 10.2. The molecule has 0 saturated carbocycles. The SMILES string of the molecule is COc1ccc(Cl)cc1NC(=O)Nc1cccc2c1ccn2Cc1ccnc(Nc2ccc(N)cc2)c1. The first-order valence-corrected chi connectivity index (χ1v) is 11.9. The molecule has 0 spiro atoms. The summed E-state index contributed by atoms with van der Waals surface area (Å²) in [4.78, 5) is 17.2. The summed E-state index contributed by atoms with van der Waals surface area (Å²) in [6.45, 7) is 0.637. The van der Waals surface area contributed by atoms with Crippen LogP contribution in [0.25, 0.3) is 10.9 Å². The molecule has 0 saturated heterocycles. The maximum atomic E-state index is 12.8. The maximum Gasteiger partial charge on any atom is 0.323 e. The Morgan fingerprint density at radius 1 is 1.00 bits per heavy atom. The van der Waals surface area contributed by atoms with Crippen LogP contribution >= 0.6 is 11.6 Å². The first-order chi connectivity index (χ1) is 18.0. The van der Waals surface area contributed by atoms with Gasteiger partial charge in [-0.1, -0.05) is 17.7 Å². The van der Waals surface area contributed by atoms with E-state index in [0.717, 1.165) is 28.0 Å². The van der Waals surface area contributed by atoms with Crippen LogP contribution in [0.5, 0.6) is 5.75 Å². The molecule has 0 unspecified atom stereocenters. The summed E-state index contributed by atoms with van der Waals surface area (Å²) in [5, 5.41) is 10.5. The molecule has 2 heterocycles. The van der Waals surface area contributed by atoms with Gasteiger partial charge in [-0.2, -0.15) is 0 Å². The number of methoxy groups -OCH3 is 1. The first kappa shape index (κ1) is 24.0. The van der Waals surface area contributed by atoms with E-state index < -0.39 is 6.03 Å². The first-order valence-electron chi connectivity index (χ1n) is 11.6. The van der Waals surface area contributed by atoms with Crippen molar-refractivity contribution in [2.75, 3.05) is 28.8 Å². The highest BCUT2D eigenvalue weighted by Crippen LogP contribution is 2.29. The number of pyridine rings is 1. The third-order valence-corrected chi connectivity index (χ3v) is 6.07. The smallest absolute Gasteiger partial charge is 0.323 e. The van der Waals surface area contributed by atoms with Crippen LogP contribution in [0.1, 0.15) is 5.56 Å². The predicted molar refractivity (Wildman–Crippen MR) is 150 cm³/mol. The van der Waals surface area contributed by atoms with Gasteiger partial charge in [-0.15, -0.1) is 0 Å². The molecule has 0 fully saturated rings. The van der Waals surface area contributed by atoms with Gasteiger partial charge in [0.25, 0.3) is 0 Å². The number of nitrogens with one attached hydrogen (secondary N) is 3. The molecule has 8 nitrogen and oxygen atoms in total. The summed E-state index contributed by atoms with van der Waals surface area (Å²) in [6, 6.07) is 23.9. The van der Waals surface area contributed by atoms with Crippen molar-refractivity contribution < 1.29 is 9.53 Å². The summed E-state index contributed by atoms with van der Waals surface area (Å²) < 4.78 is 7.44. The molecule has 37 heavy (non-hydrogen) atoms. The van der Waals surface area contributed by atoms with E-state index in [1.807, 2.05) is 66.9 Å². The van der Waals surface area contributed by atoms with Crippen LogP contribution in [0.15, 0.2) is 91.3 Å². The average Bonchev–Trinajstić information content (AvgIpc) is 3.29. The van der Waals surface area contributed by atoms with Gasteiger partial charge in [-0.25, -0.2) is 9.78 Å². The lowest BCUT2D eigenvalue weighted by Gasteiger charge is -2.13. The molecular formula is C28H25ClN6O2. The van der Waals surface area contributed by atoms with E-state index in [2.05, 4.69) is 25.5 Å². The summed E-state index contributed by atoms with van der Waals surface area (Å²) in [5.74, 6) is 1.26. The predicted octanol–water partition coefficient (Wildman–Crippen LogP) is 6.72. The van der Waals surface area contributed by atoms with Crippen molar-refractivity contribution in [1.29, 1.82) is 0 Å². The average molecular weight is 513 g/mol. The Labute approximate surface area is 219 Å². The molecule has 0 aliphatic heterocycles. The minimum atomic E-state index is -0.395. The Kier molecular flexibility index (Phi) is 6.83. The van der Waals surface area contributed by atoms with Crippen LogP contribution in [0.2, 0.25) is 5.02 Å². The van der Waals surface area contributed by atoms with Gasteiger partial charge in [0.1, 0.15) is 11.6 Å². The van der Waals surface area contributed by atoms with Crippen molar-refractivity contribution in [2.24, 2.45) is 0 Å². The fraction of sp³-hybridized carbons (Fsp3) is 0.0714. The number of benzene rings is 3. The van der Waals surface area contributed by atoms with Crippen LogP contribution in [-0.4, -0.2) is 22.7 Å². The molecule has 3 aromatic carbocycles. The van der Waals surface area contributed by atoms with E-state index in [1.54, 1.807) is 24.4 Å². The monoisotopic (exact) mass is 512 g/mol. The zero-order chi connectivity index (χ0) is 25.8. The van der Waals surface area contributed by atoms with E-state index in [-0.39, 0.29) is 0 Å². The fourth-order valence-corrected chi connectivity index (χ4v) is 4.25. The van der Waals surface area contributed by atoms with Gasteiger partial charge in [-0.05, 0) is 78.4 Å². The number of nitrogens with two attached hydrogens (primary N) is 1. The van der Waals surface area contributed by atoms with Gasteiger partial charge in [0.2, 0.25) is 0 Å². The highest BCUT2D eigenvalue weighted by atomic mass is 35.5. The van der Waals surface area contributed by atoms with E-state index >= 15 is 0 Å². The Bertz CT molecular complexity index is 1570. The number of hydrogen-bond acceptors (Lipinski definition) is 5. The third-order valence-electron chi connectivity index (χ3n) is 5.83. The van der Waals surface area contributed by atoms with Crippen LogP contribution < -0.4 is 26.4 Å². The van der Waals surface area contributed by atoms with Crippen molar-refractivity contribution in [1.82, 2.24) is 9.55 Å². The second-order valence-electron chi connectivity index (χ2n) is 8.40. The zero-order valence-electron chi connectivity index (χ0n) is 20.0. The lowest BCUT2D eigenvalue weighted by Crippen LogP contribution is -2.20. The number of amides is 2. The van der Waals surface area contributed by atoms with Crippen LogP contribution in [0.3, 0.4) is 0 Å². The second kappa shape index (κ2) is 10.5. The van der Waals surface area contributed by atoms with E-state index in [0.29, 0.717) is 34.4 Å². The number of nitrogen functional groups attached to an aromatic ring is 1. The van der Waals surface area contributed by atoms with Crippen LogP contribution in [-0.2, 0) is 6.54 Å². The van der Waals surface area contributed by atoms with Crippen LogP contribution in [0, 0.1) is 0 Å². The molecule has 0 bridgehead atoms. The number of halogens is 1. The molecule has 2 amide bonds. The number of nitrogens with zero attached hydrogens (tertiary/aromatic N) is 2. The minimum Gasteiger partial charge on any atom is -0.495 e. The molecule has 2 aromatic heterocycles. The number of ether oxygens (including phenoxy) is 1. The van der Waals surface area contributed by atoms with Gasteiger partial charge < -0.3 is 31.0 Å². The Morgan fingerprint density at radius 3 is 2.62 bits per heavy atom. The zero-order valence-corrected chi connectivity index (χ0v) is 20.8. The Balaban J connectivity index is 1.32. The van der Waals surface area contributed by atoms with Crippen molar-refractivity contribution in [2.45, 2.75) is 6.54 Å². The largest absolute Gasteiger partial charge is 0.495 e. The van der Waals surface area contributed by atoms with Crippen LogP contribution in [0.4, 0.5) is 33.4 Å². The molecule has 186 valence electrons. The minimum absolute atomic E-state index is 0.395. The Hall–Kier alpha value is -4.69. The molecule has 5 N–H and O–H groups in total. The highest BCUT2D eigenvalue weighted by molar-refractivity contribution is 6.31. The Morgan fingerprint density at radius 2 is 1.81 bits per heavy atom. The molecule has 0 atom stereocenters. The third kappa shape index (κ3) is 5.60. The van der Waals surface area contributed by atoms with Gasteiger partial charge in [0.15, 0.2) is 0 Å². The molecule has 5 rings (SSSR count). The topological polar surface area (TPSA) is 106 Å². The number of fused-ring (bicyclic) bond motifs is 1. The number of carbonyl (C=O) groups excluding carboxylic acids is 1. The van der Waals surface area contributed by atoms with Gasteiger partial charge in [0, 0.05) is 40.7 Å². The fourth-order valence-electron chi connectivity index (χ4n) is 4.08. The lowest BCUT2D eigenvalue weighted by molar-refractivity contribution is 0.262. The number of anilines is 5. The highest BCUT2D eigenvalue weighted by Gasteiger charge is 2.12. The normalized spacial score (nSPS) is 10.8. The van der Waals surface area contributed by atoms with Gasteiger partial charge >= 0.3 is 6.03 Å². The molecule has 0 aliphatic rings. The molecule has 5 aromatic rings. The molecule has 0 radical (unpaired) electrons. The van der Waals surface area contributed by atoms with Crippen molar-refractivity contribution in [3.63, 3.8) is 0 Å². The summed E-state index contributed by atoms with van der Waals surface area (Å²) >= 11 is 6.08. The van der Waals surface area contributed by atoms with Gasteiger partial charge in [0.05, 0.1) is 24.0 Å². The molecule has 0 aliphatic carbocycles. The van der Waals surface area contributed by atoms with E-state index in [1.165, 1.54) is 7.11 Å². The number of urea groups is 1. The second-order valence-corrected chi connectivity index (χ2v) is 8.84. The van der Waals surface area contributed by atoms with Crippen molar-refractivity contribution in [3.8, 4) is 5.75 Å². The van der Waals surface area contributed by atoms with E-state index in [4.69, 9.17) is 22.1 Å². The molecule has 9 heteroatoms. The number of carbonyl (C=O) groups is 1.